The van der Waals surface area contributed by atoms with Crippen molar-refractivity contribution in [3.63, 3.8) is 0 Å². The van der Waals surface area contributed by atoms with Gasteiger partial charge in [-0.15, -0.1) is 0 Å². The SMILES string of the molecule is NCCCNC(=O)c1cnc2c(F)cccc2c1. The number of benzene rings is 1. The van der Waals surface area contributed by atoms with E-state index in [1.165, 1.54) is 12.3 Å². The van der Waals surface area contributed by atoms with Crippen LogP contribution in [0.1, 0.15) is 16.8 Å². The zero-order valence-electron chi connectivity index (χ0n) is 9.82. The summed E-state index contributed by atoms with van der Waals surface area (Å²) in [5.74, 6) is -0.607. The van der Waals surface area contributed by atoms with Crippen LogP contribution in [0.25, 0.3) is 10.9 Å². The number of hydrogen-bond donors (Lipinski definition) is 2. The summed E-state index contributed by atoms with van der Waals surface area (Å²) in [4.78, 5) is 15.7. The van der Waals surface area contributed by atoms with Crippen LogP contribution < -0.4 is 11.1 Å². The summed E-state index contributed by atoms with van der Waals surface area (Å²) in [5, 5.41) is 3.34. The van der Waals surface area contributed by atoms with Gasteiger partial charge >= 0.3 is 0 Å². The van der Waals surface area contributed by atoms with Crippen LogP contribution in [0.2, 0.25) is 0 Å². The summed E-state index contributed by atoms with van der Waals surface area (Å²) in [6.07, 6.45) is 2.10. The number of rotatable bonds is 4. The van der Waals surface area contributed by atoms with Crippen LogP contribution in [0.5, 0.6) is 0 Å². The summed E-state index contributed by atoms with van der Waals surface area (Å²) in [7, 11) is 0. The molecule has 0 aliphatic rings. The van der Waals surface area contributed by atoms with E-state index in [1.54, 1.807) is 18.2 Å². The van der Waals surface area contributed by atoms with E-state index in [9.17, 15) is 9.18 Å². The van der Waals surface area contributed by atoms with Gasteiger partial charge in [0.25, 0.3) is 5.91 Å². The number of nitrogens with zero attached hydrogens (tertiary/aromatic N) is 1. The van der Waals surface area contributed by atoms with Gasteiger partial charge in [-0.25, -0.2) is 4.39 Å². The molecule has 0 aliphatic heterocycles. The Labute approximate surface area is 104 Å². The number of aromatic nitrogens is 1. The fraction of sp³-hybridized carbons (Fsp3) is 0.231. The van der Waals surface area contributed by atoms with Gasteiger partial charge in [-0.1, -0.05) is 12.1 Å². The molecular weight excluding hydrogens is 233 g/mol. The van der Waals surface area contributed by atoms with Gasteiger partial charge < -0.3 is 11.1 Å². The smallest absolute Gasteiger partial charge is 0.252 e. The van der Waals surface area contributed by atoms with Gasteiger partial charge in [-0.3, -0.25) is 9.78 Å². The number of carbonyl (C=O) groups excluding carboxylic acids is 1. The molecule has 1 amide bonds. The van der Waals surface area contributed by atoms with Crippen LogP contribution in [-0.4, -0.2) is 24.0 Å². The first kappa shape index (κ1) is 12.4. The molecule has 0 spiro atoms. The van der Waals surface area contributed by atoms with Gasteiger partial charge in [0.15, 0.2) is 0 Å². The van der Waals surface area contributed by atoms with E-state index in [0.29, 0.717) is 24.0 Å². The number of hydrogen-bond acceptors (Lipinski definition) is 3. The lowest BCUT2D eigenvalue weighted by molar-refractivity contribution is 0.0953. The Kier molecular flexibility index (Phi) is 3.84. The average Bonchev–Trinajstić information content (AvgIpc) is 2.39. The third-order valence-corrected chi connectivity index (χ3v) is 2.59. The molecule has 0 unspecified atom stereocenters. The maximum Gasteiger partial charge on any atom is 0.252 e. The zero-order valence-corrected chi connectivity index (χ0v) is 9.82. The van der Waals surface area contributed by atoms with Crippen molar-refractivity contribution in [3.05, 3.63) is 41.8 Å². The second kappa shape index (κ2) is 5.55. The van der Waals surface area contributed by atoms with Gasteiger partial charge in [0.1, 0.15) is 11.3 Å². The molecule has 1 heterocycles. The molecule has 4 nitrogen and oxygen atoms in total. The summed E-state index contributed by atoms with van der Waals surface area (Å²) < 4.78 is 13.4. The first-order valence-corrected chi connectivity index (χ1v) is 5.75. The Bertz CT molecular complexity index is 571. The van der Waals surface area contributed by atoms with Crippen LogP contribution in [0.15, 0.2) is 30.5 Å². The number of halogens is 1. The Morgan fingerprint density at radius 3 is 3.06 bits per heavy atom. The van der Waals surface area contributed by atoms with Crippen molar-refractivity contribution < 1.29 is 9.18 Å². The fourth-order valence-corrected chi connectivity index (χ4v) is 1.65. The number of carbonyl (C=O) groups is 1. The first-order valence-electron chi connectivity index (χ1n) is 5.75. The van der Waals surface area contributed by atoms with Crippen molar-refractivity contribution >= 4 is 16.8 Å². The minimum atomic E-state index is -0.386. The number of pyridine rings is 1. The quantitative estimate of drug-likeness (QED) is 0.803. The number of para-hydroxylation sites is 1. The van der Waals surface area contributed by atoms with Crippen molar-refractivity contribution in [3.8, 4) is 0 Å². The average molecular weight is 247 g/mol. The molecule has 0 saturated heterocycles. The topological polar surface area (TPSA) is 68.0 Å². The lowest BCUT2D eigenvalue weighted by Gasteiger charge is -2.05. The minimum Gasteiger partial charge on any atom is -0.352 e. The molecule has 5 heteroatoms. The van der Waals surface area contributed by atoms with E-state index < -0.39 is 0 Å². The first-order chi connectivity index (χ1) is 8.72. The molecule has 0 radical (unpaired) electrons. The molecule has 3 N–H and O–H groups in total. The summed E-state index contributed by atoms with van der Waals surface area (Å²) in [5.41, 5.74) is 6.03. The summed E-state index contributed by atoms with van der Waals surface area (Å²) >= 11 is 0. The normalized spacial score (nSPS) is 10.6. The number of nitrogens with one attached hydrogen (secondary N) is 1. The molecule has 1 aromatic heterocycles. The fourth-order valence-electron chi connectivity index (χ4n) is 1.65. The Balaban J connectivity index is 2.22. The third kappa shape index (κ3) is 2.62. The number of fused-ring (bicyclic) bond motifs is 1. The molecule has 2 rings (SSSR count). The zero-order chi connectivity index (χ0) is 13.0. The maximum absolute atomic E-state index is 13.4. The van der Waals surface area contributed by atoms with E-state index in [-0.39, 0.29) is 17.2 Å². The predicted octanol–water partition coefficient (Wildman–Crippen LogP) is 1.45. The van der Waals surface area contributed by atoms with E-state index in [2.05, 4.69) is 10.3 Å². The highest BCUT2D eigenvalue weighted by Crippen LogP contribution is 2.16. The van der Waals surface area contributed by atoms with Crippen molar-refractivity contribution in [2.24, 2.45) is 5.73 Å². The molecular formula is C13H14FN3O. The van der Waals surface area contributed by atoms with E-state index >= 15 is 0 Å². The number of nitrogens with two attached hydrogens (primary N) is 1. The Morgan fingerprint density at radius 2 is 2.28 bits per heavy atom. The second-order valence-corrected chi connectivity index (χ2v) is 3.93. The van der Waals surface area contributed by atoms with Gasteiger partial charge in [0, 0.05) is 18.1 Å². The predicted molar refractivity (Wildman–Crippen MR) is 67.7 cm³/mol. The van der Waals surface area contributed by atoms with Crippen molar-refractivity contribution in [2.45, 2.75) is 6.42 Å². The molecule has 0 aliphatic carbocycles. The molecule has 94 valence electrons. The van der Waals surface area contributed by atoms with Gasteiger partial charge in [0.05, 0.1) is 5.56 Å². The monoisotopic (exact) mass is 247 g/mol. The second-order valence-electron chi connectivity index (χ2n) is 3.93. The highest BCUT2D eigenvalue weighted by atomic mass is 19.1. The molecule has 1 aromatic carbocycles. The third-order valence-electron chi connectivity index (χ3n) is 2.59. The number of amides is 1. The minimum absolute atomic E-state index is 0.220. The van der Waals surface area contributed by atoms with E-state index in [4.69, 9.17) is 5.73 Å². The van der Waals surface area contributed by atoms with E-state index in [0.717, 1.165) is 6.42 Å². The highest BCUT2D eigenvalue weighted by Gasteiger charge is 2.08. The van der Waals surface area contributed by atoms with Crippen LogP contribution in [0.3, 0.4) is 0 Å². The largest absolute Gasteiger partial charge is 0.352 e. The van der Waals surface area contributed by atoms with Crippen molar-refractivity contribution in [2.75, 3.05) is 13.1 Å². The van der Waals surface area contributed by atoms with Crippen LogP contribution in [0, 0.1) is 5.82 Å². The lowest BCUT2D eigenvalue weighted by Crippen LogP contribution is -2.26. The Hall–Kier alpha value is -2.01. The Morgan fingerprint density at radius 1 is 1.44 bits per heavy atom. The molecule has 18 heavy (non-hydrogen) atoms. The van der Waals surface area contributed by atoms with Crippen LogP contribution >= 0.6 is 0 Å². The molecule has 0 fully saturated rings. The van der Waals surface area contributed by atoms with Crippen molar-refractivity contribution in [1.82, 2.24) is 10.3 Å². The maximum atomic E-state index is 13.4. The highest BCUT2D eigenvalue weighted by molar-refractivity contribution is 5.97. The molecule has 0 atom stereocenters. The van der Waals surface area contributed by atoms with Crippen molar-refractivity contribution in [1.29, 1.82) is 0 Å². The van der Waals surface area contributed by atoms with Gasteiger partial charge in [0.2, 0.25) is 0 Å². The van der Waals surface area contributed by atoms with Crippen LogP contribution in [0.4, 0.5) is 4.39 Å². The van der Waals surface area contributed by atoms with Gasteiger partial charge in [-0.2, -0.15) is 0 Å². The molecule has 0 saturated carbocycles. The summed E-state index contributed by atoms with van der Waals surface area (Å²) in [6, 6.07) is 6.29. The summed E-state index contributed by atoms with van der Waals surface area (Å²) in [6.45, 7) is 1.05. The molecule has 2 aromatic rings. The standard InChI is InChI=1S/C13H14FN3O/c14-11-4-1-3-9-7-10(8-17-12(9)11)13(18)16-6-2-5-15/h1,3-4,7-8H,2,5-6,15H2,(H,16,18). The lowest BCUT2D eigenvalue weighted by atomic mass is 10.1. The molecule has 0 bridgehead atoms. The van der Waals surface area contributed by atoms with E-state index in [1.807, 2.05) is 0 Å². The van der Waals surface area contributed by atoms with Crippen LogP contribution in [-0.2, 0) is 0 Å². The van der Waals surface area contributed by atoms with Gasteiger partial charge in [-0.05, 0) is 25.1 Å².